The maximum Gasteiger partial charge on any atom is 0.0615 e. The fraction of sp³-hybridized carbons (Fsp3) is 0.600. The van der Waals surface area contributed by atoms with E-state index < -0.39 is 0 Å². The van der Waals surface area contributed by atoms with Crippen molar-refractivity contribution < 1.29 is 5.11 Å². The summed E-state index contributed by atoms with van der Waals surface area (Å²) in [5.74, 6) is 0. The Hall–Kier alpha value is -0.560. The van der Waals surface area contributed by atoms with Crippen LogP contribution in [0.2, 0.25) is 0 Å². The Bertz CT molecular complexity index is 154. The summed E-state index contributed by atoms with van der Waals surface area (Å²) < 4.78 is 0. The SMILES string of the molecule is C=CCC(C)(C)C(C)=CCO. The number of hydrogen-bond acceptors (Lipinski definition) is 1. The highest BCUT2D eigenvalue weighted by Gasteiger charge is 2.17. The standard InChI is InChI=1S/C10H18O/c1-5-7-10(3,4)9(2)6-8-11/h5-6,11H,1,7-8H2,2-4H3. The minimum Gasteiger partial charge on any atom is -0.392 e. The van der Waals surface area contributed by atoms with E-state index in [0.29, 0.717) is 0 Å². The van der Waals surface area contributed by atoms with E-state index in [2.05, 4.69) is 20.4 Å². The van der Waals surface area contributed by atoms with Gasteiger partial charge in [0.15, 0.2) is 0 Å². The van der Waals surface area contributed by atoms with Crippen LogP contribution >= 0.6 is 0 Å². The topological polar surface area (TPSA) is 20.2 Å². The fourth-order valence-corrected chi connectivity index (χ4v) is 0.935. The van der Waals surface area contributed by atoms with Crippen molar-refractivity contribution in [2.24, 2.45) is 5.41 Å². The Labute approximate surface area is 69.4 Å². The van der Waals surface area contributed by atoms with Gasteiger partial charge in [0.05, 0.1) is 6.61 Å². The molecule has 0 aromatic carbocycles. The van der Waals surface area contributed by atoms with Crippen LogP contribution in [-0.4, -0.2) is 11.7 Å². The molecule has 0 aliphatic heterocycles. The van der Waals surface area contributed by atoms with Crippen molar-refractivity contribution in [2.75, 3.05) is 6.61 Å². The molecule has 0 saturated carbocycles. The minimum absolute atomic E-state index is 0.131. The van der Waals surface area contributed by atoms with Crippen molar-refractivity contribution in [3.63, 3.8) is 0 Å². The van der Waals surface area contributed by atoms with Gasteiger partial charge in [-0.15, -0.1) is 6.58 Å². The summed E-state index contributed by atoms with van der Waals surface area (Å²) in [6.45, 7) is 10.2. The summed E-state index contributed by atoms with van der Waals surface area (Å²) in [6.07, 6.45) is 4.72. The van der Waals surface area contributed by atoms with Gasteiger partial charge in [0.2, 0.25) is 0 Å². The van der Waals surface area contributed by atoms with Crippen molar-refractivity contribution >= 4 is 0 Å². The van der Waals surface area contributed by atoms with Crippen molar-refractivity contribution in [3.8, 4) is 0 Å². The molecule has 0 spiro atoms. The van der Waals surface area contributed by atoms with Gasteiger partial charge in [0.1, 0.15) is 0 Å². The Morgan fingerprint density at radius 3 is 2.45 bits per heavy atom. The van der Waals surface area contributed by atoms with E-state index in [-0.39, 0.29) is 12.0 Å². The van der Waals surface area contributed by atoms with Gasteiger partial charge in [-0.2, -0.15) is 0 Å². The molecule has 0 rings (SSSR count). The van der Waals surface area contributed by atoms with Gasteiger partial charge < -0.3 is 5.11 Å². The first kappa shape index (κ1) is 10.4. The average Bonchev–Trinajstić information content (AvgIpc) is 1.88. The summed E-state index contributed by atoms with van der Waals surface area (Å²) >= 11 is 0. The van der Waals surface area contributed by atoms with Gasteiger partial charge >= 0.3 is 0 Å². The minimum atomic E-state index is 0.131. The van der Waals surface area contributed by atoms with Gasteiger partial charge in [0.25, 0.3) is 0 Å². The van der Waals surface area contributed by atoms with Crippen LogP contribution in [0.15, 0.2) is 24.3 Å². The first-order valence-corrected chi connectivity index (χ1v) is 3.93. The van der Waals surface area contributed by atoms with Crippen LogP contribution in [0.1, 0.15) is 27.2 Å². The number of rotatable bonds is 4. The molecule has 0 aromatic heterocycles. The third-order valence-corrected chi connectivity index (χ3v) is 2.12. The summed E-state index contributed by atoms with van der Waals surface area (Å²) in [5, 5.41) is 8.67. The van der Waals surface area contributed by atoms with Gasteiger partial charge in [-0.25, -0.2) is 0 Å². The van der Waals surface area contributed by atoms with Crippen LogP contribution in [0.3, 0.4) is 0 Å². The Kier molecular flexibility index (Phi) is 4.12. The van der Waals surface area contributed by atoms with E-state index in [1.54, 1.807) is 0 Å². The highest BCUT2D eigenvalue weighted by atomic mass is 16.2. The molecule has 0 amide bonds. The molecule has 0 atom stereocenters. The average molecular weight is 154 g/mol. The smallest absolute Gasteiger partial charge is 0.0615 e. The Morgan fingerprint density at radius 1 is 1.55 bits per heavy atom. The summed E-state index contributed by atoms with van der Waals surface area (Å²) in [5.41, 5.74) is 1.37. The number of aliphatic hydroxyl groups excluding tert-OH is 1. The van der Waals surface area contributed by atoms with E-state index >= 15 is 0 Å². The molecule has 1 heteroatoms. The quantitative estimate of drug-likeness (QED) is 0.617. The maximum atomic E-state index is 8.67. The van der Waals surface area contributed by atoms with Crippen LogP contribution in [0, 0.1) is 5.41 Å². The molecule has 0 heterocycles. The second kappa shape index (κ2) is 4.35. The summed E-state index contributed by atoms with van der Waals surface area (Å²) in [4.78, 5) is 0. The van der Waals surface area contributed by atoms with Crippen molar-refractivity contribution in [3.05, 3.63) is 24.3 Å². The van der Waals surface area contributed by atoms with Crippen LogP contribution in [0.4, 0.5) is 0 Å². The zero-order valence-corrected chi connectivity index (χ0v) is 7.72. The van der Waals surface area contributed by atoms with Crippen LogP contribution in [-0.2, 0) is 0 Å². The number of aliphatic hydroxyl groups is 1. The first-order chi connectivity index (χ1) is 5.04. The molecule has 64 valence electrons. The van der Waals surface area contributed by atoms with E-state index in [9.17, 15) is 0 Å². The van der Waals surface area contributed by atoms with Crippen LogP contribution < -0.4 is 0 Å². The van der Waals surface area contributed by atoms with Crippen LogP contribution in [0.25, 0.3) is 0 Å². The lowest BCUT2D eigenvalue weighted by Gasteiger charge is -2.23. The molecule has 0 fully saturated rings. The Morgan fingerprint density at radius 2 is 2.09 bits per heavy atom. The highest BCUT2D eigenvalue weighted by Crippen LogP contribution is 2.29. The number of allylic oxidation sites excluding steroid dienone is 2. The van der Waals surface area contributed by atoms with Crippen molar-refractivity contribution in [1.29, 1.82) is 0 Å². The normalized spacial score (nSPS) is 13.3. The fourth-order valence-electron chi connectivity index (χ4n) is 0.935. The molecule has 0 radical (unpaired) electrons. The third-order valence-electron chi connectivity index (χ3n) is 2.12. The maximum absolute atomic E-state index is 8.67. The monoisotopic (exact) mass is 154 g/mol. The van der Waals surface area contributed by atoms with Crippen LogP contribution in [0.5, 0.6) is 0 Å². The molecule has 11 heavy (non-hydrogen) atoms. The Balaban J connectivity index is 4.27. The molecule has 0 unspecified atom stereocenters. The molecule has 0 bridgehead atoms. The van der Waals surface area contributed by atoms with Gasteiger partial charge in [-0.3, -0.25) is 0 Å². The predicted molar refractivity (Wildman–Crippen MR) is 49.4 cm³/mol. The zero-order chi connectivity index (χ0) is 8.91. The van der Waals surface area contributed by atoms with E-state index in [1.807, 2.05) is 19.1 Å². The van der Waals surface area contributed by atoms with Gasteiger partial charge in [-0.05, 0) is 18.8 Å². The summed E-state index contributed by atoms with van der Waals surface area (Å²) in [7, 11) is 0. The molecule has 0 aliphatic rings. The zero-order valence-electron chi connectivity index (χ0n) is 7.72. The lowest BCUT2D eigenvalue weighted by molar-refractivity contribution is 0.336. The highest BCUT2D eigenvalue weighted by molar-refractivity contribution is 5.10. The second-order valence-electron chi connectivity index (χ2n) is 3.45. The van der Waals surface area contributed by atoms with Gasteiger partial charge in [0, 0.05) is 0 Å². The molecule has 0 aromatic rings. The molecule has 1 N–H and O–H groups in total. The molecular weight excluding hydrogens is 136 g/mol. The second-order valence-corrected chi connectivity index (χ2v) is 3.45. The van der Waals surface area contributed by atoms with Crippen molar-refractivity contribution in [1.82, 2.24) is 0 Å². The molecule has 1 nitrogen and oxygen atoms in total. The lowest BCUT2D eigenvalue weighted by Crippen LogP contribution is -2.11. The van der Waals surface area contributed by atoms with E-state index in [4.69, 9.17) is 5.11 Å². The molecule has 0 aliphatic carbocycles. The van der Waals surface area contributed by atoms with E-state index in [0.717, 1.165) is 6.42 Å². The molecule has 0 saturated heterocycles. The largest absolute Gasteiger partial charge is 0.392 e. The number of hydrogen-bond donors (Lipinski definition) is 1. The predicted octanol–water partition coefficient (Wildman–Crippen LogP) is 2.53. The molecular formula is C10H18O. The van der Waals surface area contributed by atoms with Gasteiger partial charge in [-0.1, -0.05) is 31.6 Å². The van der Waals surface area contributed by atoms with E-state index in [1.165, 1.54) is 5.57 Å². The lowest BCUT2D eigenvalue weighted by atomic mass is 9.82. The van der Waals surface area contributed by atoms with Crippen molar-refractivity contribution in [2.45, 2.75) is 27.2 Å². The first-order valence-electron chi connectivity index (χ1n) is 3.93. The summed E-state index contributed by atoms with van der Waals surface area (Å²) in [6, 6.07) is 0. The third kappa shape index (κ3) is 3.38.